The zero-order valence-electron chi connectivity index (χ0n) is 10.9. The Morgan fingerprint density at radius 1 is 1.50 bits per heavy atom. The van der Waals surface area contributed by atoms with Gasteiger partial charge >= 0.3 is 0 Å². The number of hydrogen-bond donors (Lipinski definition) is 1. The van der Waals surface area contributed by atoms with Gasteiger partial charge < -0.3 is 15.4 Å². The summed E-state index contributed by atoms with van der Waals surface area (Å²) in [4.78, 5) is 14.1. The minimum absolute atomic E-state index is 0.0644. The Morgan fingerprint density at radius 2 is 2.17 bits per heavy atom. The molecule has 0 fully saturated rings. The van der Waals surface area contributed by atoms with Crippen molar-refractivity contribution in [2.45, 2.75) is 19.9 Å². The molecule has 0 heterocycles. The Morgan fingerprint density at radius 3 is 2.67 bits per heavy atom. The highest BCUT2D eigenvalue weighted by atomic mass is 35.5. The van der Waals surface area contributed by atoms with Crippen molar-refractivity contribution in [3.8, 4) is 0 Å². The van der Waals surface area contributed by atoms with Crippen LogP contribution in [0.4, 0.5) is 5.69 Å². The lowest BCUT2D eigenvalue weighted by atomic mass is 10.1. The molecular formula is C13H19ClN2O2. The van der Waals surface area contributed by atoms with Crippen LogP contribution in [0.3, 0.4) is 0 Å². The van der Waals surface area contributed by atoms with Gasteiger partial charge in [-0.1, -0.05) is 11.6 Å². The lowest BCUT2D eigenvalue weighted by Crippen LogP contribution is -2.39. The second-order valence-electron chi connectivity index (χ2n) is 4.32. The molecule has 4 nitrogen and oxygen atoms in total. The summed E-state index contributed by atoms with van der Waals surface area (Å²) in [6.45, 7) is 4.99. The highest BCUT2D eigenvalue weighted by molar-refractivity contribution is 6.33. The first-order valence-corrected chi connectivity index (χ1v) is 6.20. The number of nitrogens with zero attached hydrogens (tertiary/aromatic N) is 1. The number of amides is 1. The lowest BCUT2D eigenvalue weighted by molar-refractivity contribution is 0.0635. The fraction of sp³-hybridized carbons (Fsp3) is 0.462. The van der Waals surface area contributed by atoms with E-state index in [0.29, 0.717) is 29.4 Å². The quantitative estimate of drug-likeness (QED) is 0.836. The highest BCUT2D eigenvalue weighted by Crippen LogP contribution is 2.20. The molecule has 0 aliphatic heterocycles. The zero-order chi connectivity index (χ0) is 13.7. The summed E-state index contributed by atoms with van der Waals surface area (Å²) in [7, 11) is 1.61. The second kappa shape index (κ2) is 6.61. The number of nitrogens with two attached hydrogens (primary N) is 1. The SMILES string of the molecule is COCCN(C(=O)c1ccc(Cl)c(N)c1)C(C)C. The van der Waals surface area contributed by atoms with E-state index in [2.05, 4.69) is 0 Å². The average molecular weight is 271 g/mol. The molecule has 0 aromatic heterocycles. The molecule has 0 bridgehead atoms. The van der Waals surface area contributed by atoms with Gasteiger partial charge in [-0.3, -0.25) is 4.79 Å². The van der Waals surface area contributed by atoms with E-state index in [1.807, 2.05) is 13.8 Å². The maximum Gasteiger partial charge on any atom is 0.254 e. The molecule has 1 aromatic rings. The number of nitrogen functional groups attached to an aromatic ring is 1. The maximum atomic E-state index is 12.3. The average Bonchev–Trinajstić information content (AvgIpc) is 2.32. The standard InChI is InChI=1S/C13H19ClN2O2/c1-9(2)16(6-7-18-3)13(17)10-4-5-11(14)12(15)8-10/h4-5,8-9H,6-7,15H2,1-3H3. The van der Waals surface area contributed by atoms with Crippen LogP contribution in [-0.4, -0.2) is 37.1 Å². The molecule has 2 N–H and O–H groups in total. The van der Waals surface area contributed by atoms with Crippen molar-refractivity contribution in [2.75, 3.05) is 26.0 Å². The van der Waals surface area contributed by atoms with Gasteiger partial charge in [-0.05, 0) is 32.0 Å². The van der Waals surface area contributed by atoms with Crippen molar-refractivity contribution in [3.05, 3.63) is 28.8 Å². The van der Waals surface area contributed by atoms with Gasteiger partial charge in [0.15, 0.2) is 0 Å². The molecule has 0 radical (unpaired) electrons. The fourth-order valence-electron chi connectivity index (χ4n) is 1.63. The van der Waals surface area contributed by atoms with Gasteiger partial charge in [0.25, 0.3) is 5.91 Å². The van der Waals surface area contributed by atoms with Gasteiger partial charge in [-0.25, -0.2) is 0 Å². The van der Waals surface area contributed by atoms with E-state index in [4.69, 9.17) is 22.1 Å². The Hall–Kier alpha value is -1.26. The van der Waals surface area contributed by atoms with E-state index in [9.17, 15) is 4.79 Å². The third-order valence-corrected chi connectivity index (χ3v) is 3.01. The lowest BCUT2D eigenvalue weighted by Gasteiger charge is -2.26. The van der Waals surface area contributed by atoms with Crippen molar-refractivity contribution in [1.82, 2.24) is 4.90 Å². The number of methoxy groups -OCH3 is 1. The summed E-state index contributed by atoms with van der Waals surface area (Å²) >= 11 is 5.84. The van der Waals surface area contributed by atoms with Crippen LogP contribution in [0.2, 0.25) is 5.02 Å². The van der Waals surface area contributed by atoms with E-state index < -0.39 is 0 Å². The molecule has 1 amide bonds. The minimum atomic E-state index is -0.0644. The Labute approximate surface area is 113 Å². The van der Waals surface area contributed by atoms with Gasteiger partial charge in [-0.2, -0.15) is 0 Å². The first-order valence-electron chi connectivity index (χ1n) is 5.82. The molecule has 100 valence electrons. The summed E-state index contributed by atoms with van der Waals surface area (Å²) in [5, 5.41) is 0.458. The summed E-state index contributed by atoms with van der Waals surface area (Å²) in [6.07, 6.45) is 0. The van der Waals surface area contributed by atoms with Gasteiger partial charge in [0.2, 0.25) is 0 Å². The van der Waals surface area contributed by atoms with Gasteiger partial charge in [-0.15, -0.1) is 0 Å². The monoisotopic (exact) mass is 270 g/mol. The third-order valence-electron chi connectivity index (χ3n) is 2.66. The normalized spacial score (nSPS) is 10.7. The molecule has 18 heavy (non-hydrogen) atoms. The molecule has 0 aliphatic carbocycles. The van der Waals surface area contributed by atoms with Crippen LogP contribution in [0.5, 0.6) is 0 Å². The van der Waals surface area contributed by atoms with Gasteiger partial charge in [0.05, 0.1) is 17.3 Å². The molecule has 0 aliphatic rings. The summed E-state index contributed by atoms with van der Waals surface area (Å²) in [5.41, 5.74) is 6.67. The predicted molar refractivity (Wildman–Crippen MR) is 73.9 cm³/mol. The number of rotatable bonds is 5. The van der Waals surface area contributed by atoms with Gasteiger partial charge in [0, 0.05) is 25.3 Å². The molecule has 0 atom stereocenters. The smallest absolute Gasteiger partial charge is 0.254 e. The number of hydrogen-bond acceptors (Lipinski definition) is 3. The van der Waals surface area contributed by atoms with Crippen LogP contribution >= 0.6 is 11.6 Å². The summed E-state index contributed by atoms with van der Waals surface area (Å²) in [6, 6.07) is 5.03. The Bertz CT molecular complexity index is 421. The molecule has 1 aromatic carbocycles. The molecule has 0 spiro atoms. The van der Waals surface area contributed by atoms with E-state index in [0.717, 1.165) is 0 Å². The number of carbonyl (C=O) groups is 1. The van der Waals surface area contributed by atoms with Crippen molar-refractivity contribution in [2.24, 2.45) is 0 Å². The van der Waals surface area contributed by atoms with Crippen molar-refractivity contribution < 1.29 is 9.53 Å². The molecule has 0 saturated carbocycles. The van der Waals surface area contributed by atoms with Crippen molar-refractivity contribution >= 4 is 23.2 Å². The minimum Gasteiger partial charge on any atom is -0.398 e. The van der Waals surface area contributed by atoms with Crippen molar-refractivity contribution in [1.29, 1.82) is 0 Å². The topological polar surface area (TPSA) is 55.6 Å². The number of benzene rings is 1. The van der Waals surface area contributed by atoms with Gasteiger partial charge in [0.1, 0.15) is 0 Å². The number of halogens is 1. The molecule has 0 unspecified atom stereocenters. The zero-order valence-corrected chi connectivity index (χ0v) is 11.7. The van der Waals surface area contributed by atoms with Crippen LogP contribution in [0, 0.1) is 0 Å². The summed E-state index contributed by atoms with van der Waals surface area (Å²) < 4.78 is 5.01. The number of carbonyl (C=O) groups excluding carboxylic acids is 1. The molecular weight excluding hydrogens is 252 g/mol. The fourth-order valence-corrected chi connectivity index (χ4v) is 1.74. The largest absolute Gasteiger partial charge is 0.398 e. The van der Waals surface area contributed by atoms with Crippen LogP contribution < -0.4 is 5.73 Å². The molecule has 0 saturated heterocycles. The first-order chi connectivity index (χ1) is 8.47. The third kappa shape index (κ3) is 3.62. The van der Waals surface area contributed by atoms with Crippen LogP contribution in [-0.2, 0) is 4.74 Å². The van der Waals surface area contributed by atoms with E-state index >= 15 is 0 Å². The Kier molecular flexibility index (Phi) is 5.44. The van der Waals surface area contributed by atoms with E-state index in [1.54, 1.807) is 30.2 Å². The van der Waals surface area contributed by atoms with Crippen molar-refractivity contribution in [3.63, 3.8) is 0 Å². The van der Waals surface area contributed by atoms with E-state index in [-0.39, 0.29) is 11.9 Å². The number of ether oxygens (including phenoxy) is 1. The second-order valence-corrected chi connectivity index (χ2v) is 4.73. The number of anilines is 1. The maximum absolute atomic E-state index is 12.3. The van der Waals surface area contributed by atoms with Crippen LogP contribution in [0.1, 0.15) is 24.2 Å². The molecule has 5 heteroatoms. The van der Waals surface area contributed by atoms with Crippen LogP contribution in [0.15, 0.2) is 18.2 Å². The highest BCUT2D eigenvalue weighted by Gasteiger charge is 2.18. The predicted octanol–water partition coefficient (Wildman–Crippen LogP) is 2.42. The first kappa shape index (κ1) is 14.8. The van der Waals surface area contributed by atoms with Crippen LogP contribution in [0.25, 0.3) is 0 Å². The molecule has 1 rings (SSSR count). The Balaban J connectivity index is 2.91. The summed E-state index contributed by atoms with van der Waals surface area (Å²) in [5.74, 6) is -0.0644. The van der Waals surface area contributed by atoms with E-state index in [1.165, 1.54) is 0 Å².